The topological polar surface area (TPSA) is 28.4 Å². The Balaban J connectivity index is 1.83. The predicted octanol–water partition coefficient (Wildman–Crippen LogP) is 2.93. The average Bonchev–Trinajstić information content (AvgIpc) is 2.77. The van der Waals surface area contributed by atoms with Gasteiger partial charge in [-0.1, -0.05) is 25.5 Å². The van der Waals surface area contributed by atoms with Crippen molar-refractivity contribution in [3.8, 4) is 0 Å². The molecular weight excluding hydrogens is 224 g/mol. The summed E-state index contributed by atoms with van der Waals surface area (Å²) >= 11 is 0. The maximum atomic E-state index is 5.62. The van der Waals surface area contributed by atoms with Gasteiger partial charge in [0.2, 0.25) is 0 Å². The van der Waals surface area contributed by atoms with Crippen molar-refractivity contribution < 1.29 is 4.42 Å². The molecule has 0 spiro atoms. The van der Waals surface area contributed by atoms with Gasteiger partial charge < -0.3 is 9.73 Å². The maximum absolute atomic E-state index is 5.62. The molecule has 3 heteroatoms. The van der Waals surface area contributed by atoms with Crippen LogP contribution >= 0.6 is 0 Å². The second kappa shape index (κ2) is 6.21. The Bertz CT molecular complexity index is 406. The Morgan fingerprint density at radius 1 is 1.44 bits per heavy atom. The molecule has 0 bridgehead atoms. The molecule has 0 unspecified atom stereocenters. The highest BCUT2D eigenvalue weighted by molar-refractivity contribution is 5.13. The molecular formula is C15H24N2O. The van der Waals surface area contributed by atoms with E-state index in [-0.39, 0.29) is 0 Å². The van der Waals surface area contributed by atoms with Gasteiger partial charge in [0.25, 0.3) is 0 Å². The molecule has 1 aromatic heterocycles. The molecule has 0 amide bonds. The third kappa shape index (κ3) is 4.00. The summed E-state index contributed by atoms with van der Waals surface area (Å²) in [4.78, 5) is 2.42. The predicted molar refractivity (Wildman–Crippen MR) is 74.3 cm³/mol. The lowest BCUT2D eigenvalue weighted by Crippen LogP contribution is -2.27. The molecule has 0 radical (unpaired) electrons. The minimum atomic E-state index is 0.513. The first-order chi connectivity index (χ1) is 8.63. The van der Waals surface area contributed by atoms with Gasteiger partial charge in [0, 0.05) is 31.2 Å². The lowest BCUT2D eigenvalue weighted by Gasteiger charge is -2.23. The normalized spacial score (nSPS) is 17.2. The van der Waals surface area contributed by atoms with Gasteiger partial charge in [-0.2, -0.15) is 0 Å². The molecule has 3 nitrogen and oxygen atoms in total. The number of rotatable bonds is 5. The largest absolute Gasteiger partial charge is 0.468 e. The molecule has 2 heterocycles. The van der Waals surface area contributed by atoms with E-state index < -0.39 is 0 Å². The van der Waals surface area contributed by atoms with Crippen LogP contribution in [0.4, 0.5) is 0 Å². The van der Waals surface area contributed by atoms with Crippen LogP contribution in [0.1, 0.15) is 38.5 Å². The number of hydrogen-bond acceptors (Lipinski definition) is 3. The van der Waals surface area contributed by atoms with E-state index in [0.29, 0.717) is 6.04 Å². The zero-order valence-corrected chi connectivity index (χ0v) is 11.7. The van der Waals surface area contributed by atoms with Crippen LogP contribution in [-0.4, -0.2) is 24.0 Å². The summed E-state index contributed by atoms with van der Waals surface area (Å²) < 4.78 is 5.62. The first kappa shape index (κ1) is 13.4. The van der Waals surface area contributed by atoms with Crippen molar-refractivity contribution in [3.63, 3.8) is 0 Å². The maximum Gasteiger partial charge on any atom is 0.118 e. The van der Waals surface area contributed by atoms with Crippen molar-refractivity contribution in [1.82, 2.24) is 10.2 Å². The van der Waals surface area contributed by atoms with Gasteiger partial charge in [0.05, 0.1) is 12.8 Å². The fraction of sp³-hybridized carbons (Fsp3) is 0.600. The van der Waals surface area contributed by atoms with Crippen molar-refractivity contribution in [2.24, 2.45) is 0 Å². The fourth-order valence-electron chi connectivity index (χ4n) is 2.10. The minimum absolute atomic E-state index is 0.513. The first-order valence-corrected chi connectivity index (χ1v) is 6.81. The van der Waals surface area contributed by atoms with E-state index in [1.54, 1.807) is 0 Å². The van der Waals surface area contributed by atoms with Gasteiger partial charge in [-0.3, -0.25) is 4.90 Å². The molecule has 18 heavy (non-hydrogen) atoms. The van der Waals surface area contributed by atoms with Crippen LogP contribution in [-0.2, 0) is 13.1 Å². The summed E-state index contributed by atoms with van der Waals surface area (Å²) in [5.41, 5.74) is 2.75. The second-order valence-electron chi connectivity index (χ2n) is 5.49. The Hall–Kier alpha value is -1.06. The van der Waals surface area contributed by atoms with E-state index in [1.165, 1.54) is 17.6 Å². The van der Waals surface area contributed by atoms with E-state index in [0.717, 1.165) is 31.9 Å². The summed E-state index contributed by atoms with van der Waals surface area (Å²) in [6.07, 6.45) is 5.37. The van der Waals surface area contributed by atoms with Crippen molar-refractivity contribution >= 4 is 0 Å². The number of nitrogens with zero attached hydrogens (tertiary/aromatic N) is 1. The summed E-state index contributed by atoms with van der Waals surface area (Å²) in [6, 6.07) is 2.68. The molecule has 0 saturated heterocycles. The first-order valence-electron chi connectivity index (χ1n) is 6.81. The number of hydrogen-bond donors (Lipinski definition) is 1. The highest BCUT2D eigenvalue weighted by Gasteiger charge is 2.11. The molecule has 2 rings (SSSR count). The highest BCUT2D eigenvalue weighted by atomic mass is 16.3. The average molecular weight is 248 g/mol. The Morgan fingerprint density at radius 3 is 2.94 bits per heavy atom. The fourth-order valence-corrected chi connectivity index (χ4v) is 2.10. The molecule has 0 atom stereocenters. The van der Waals surface area contributed by atoms with Gasteiger partial charge in [-0.25, -0.2) is 0 Å². The molecule has 1 aliphatic heterocycles. The van der Waals surface area contributed by atoms with Gasteiger partial charge in [0.15, 0.2) is 0 Å². The Labute approximate surface area is 110 Å². The third-order valence-corrected chi connectivity index (χ3v) is 3.32. The molecule has 1 aromatic rings. The Morgan fingerprint density at radius 2 is 2.28 bits per heavy atom. The molecule has 100 valence electrons. The SMILES string of the molecule is CC1=CCN(Cc2cc(CNC(C)C)co2)CC1. The van der Waals surface area contributed by atoms with Crippen LogP contribution in [0.2, 0.25) is 0 Å². The second-order valence-corrected chi connectivity index (χ2v) is 5.49. The highest BCUT2D eigenvalue weighted by Crippen LogP contribution is 2.15. The summed E-state index contributed by atoms with van der Waals surface area (Å²) in [5, 5.41) is 3.40. The van der Waals surface area contributed by atoms with Gasteiger partial charge in [-0.05, 0) is 19.4 Å². The zero-order chi connectivity index (χ0) is 13.0. The van der Waals surface area contributed by atoms with E-state index in [9.17, 15) is 0 Å². The van der Waals surface area contributed by atoms with Crippen LogP contribution in [0.3, 0.4) is 0 Å². The summed E-state index contributed by atoms with van der Waals surface area (Å²) in [6.45, 7) is 10.5. The molecule has 0 saturated carbocycles. The van der Waals surface area contributed by atoms with E-state index in [2.05, 4.69) is 43.1 Å². The monoisotopic (exact) mass is 248 g/mol. The van der Waals surface area contributed by atoms with Gasteiger partial charge >= 0.3 is 0 Å². The third-order valence-electron chi connectivity index (χ3n) is 3.32. The van der Waals surface area contributed by atoms with E-state index in [1.807, 2.05) is 6.26 Å². The number of furan rings is 1. The van der Waals surface area contributed by atoms with Crippen LogP contribution in [0.25, 0.3) is 0 Å². The lowest BCUT2D eigenvalue weighted by atomic mass is 10.1. The summed E-state index contributed by atoms with van der Waals surface area (Å²) in [5.74, 6) is 1.07. The lowest BCUT2D eigenvalue weighted by molar-refractivity contribution is 0.261. The van der Waals surface area contributed by atoms with Crippen LogP contribution < -0.4 is 5.32 Å². The minimum Gasteiger partial charge on any atom is -0.468 e. The quantitative estimate of drug-likeness (QED) is 0.812. The van der Waals surface area contributed by atoms with Gasteiger partial charge in [-0.15, -0.1) is 0 Å². The van der Waals surface area contributed by atoms with Crippen molar-refractivity contribution in [3.05, 3.63) is 35.3 Å². The zero-order valence-electron chi connectivity index (χ0n) is 11.7. The molecule has 0 fully saturated rings. The Kier molecular flexibility index (Phi) is 4.61. The van der Waals surface area contributed by atoms with Crippen LogP contribution in [0.15, 0.2) is 28.4 Å². The molecule has 1 aliphatic rings. The van der Waals surface area contributed by atoms with Gasteiger partial charge in [0.1, 0.15) is 5.76 Å². The molecule has 0 aliphatic carbocycles. The molecule has 0 aromatic carbocycles. The summed E-state index contributed by atoms with van der Waals surface area (Å²) in [7, 11) is 0. The van der Waals surface area contributed by atoms with Crippen molar-refractivity contribution in [2.45, 2.75) is 46.3 Å². The smallest absolute Gasteiger partial charge is 0.118 e. The van der Waals surface area contributed by atoms with Crippen molar-refractivity contribution in [2.75, 3.05) is 13.1 Å². The number of nitrogens with one attached hydrogen (secondary N) is 1. The van der Waals surface area contributed by atoms with Crippen LogP contribution in [0, 0.1) is 0 Å². The molecule has 1 N–H and O–H groups in total. The van der Waals surface area contributed by atoms with Crippen LogP contribution in [0.5, 0.6) is 0 Å². The van der Waals surface area contributed by atoms with E-state index in [4.69, 9.17) is 4.42 Å². The standard InChI is InChI=1S/C15H24N2O/c1-12(2)16-9-14-8-15(18-11-14)10-17-6-4-13(3)5-7-17/h4,8,11-12,16H,5-7,9-10H2,1-3H3. The van der Waals surface area contributed by atoms with E-state index >= 15 is 0 Å². The van der Waals surface area contributed by atoms with Crippen molar-refractivity contribution in [1.29, 1.82) is 0 Å².